The van der Waals surface area contributed by atoms with Crippen LogP contribution in [-0.2, 0) is 5.41 Å². The molecule has 0 unspecified atom stereocenters. The van der Waals surface area contributed by atoms with Crippen LogP contribution in [0, 0.1) is 0 Å². The molecular weight excluding hydrogens is 226 g/mol. The molecule has 3 heteroatoms. The zero-order chi connectivity index (χ0) is 13.8. The second-order valence-electron chi connectivity index (χ2n) is 4.98. The van der Waals surface area contributed by atoms with Gasteiger partial charge in [0.05, 0.1) is 7.11 Å². The van der Waals surface area contributed by atoms with E-state index in [1.165, 1.54) is 0 Å². The van der Waals surface area contributed by atoms with Crippen LogP contribution >= 0.6 is 0 Å². The molecular formula is C15H23NO2. The van der Waals surface area contributed by atoms with Crippen molar-refractivity contribution in [3.63, 3.8) is 0 Å². The Bertz CT molecular complexity index is 436. The van der Waals surface area contributed by atoms with Crippen molar-refractivity contribution in [2.24, 2.45) is 4.99 Å². The Hall–Kier alpha value is -1.51. The first-order chi connectivity index (χ1) is 8.46. The van der Waals surface area contributed by atoms with Gasteiger partial charge < -0.3 is 9.84 Å². The number of ether oxygens (including phenoxy) is 1. The normalized spacial score (nSPS) is 12.1. The van der Waals surface area contributed by atoms with E-state index in [9.17, 15) is 5.11 Å². The summed E-state index contributed by atoms with van der Waals surface area (Å²) in [6.07, 6.45) is 2.64. The molecule has 100 valence electrons. The molecule has 0 radical (unpaired) electrons. The molecule has 18 heavy (non-hydrogen) atoms. The van der Waals surface area contributed by atoms with Gasteiger partial charge in [-0.2, -0.15) is 0 Å². The lowest BCUT2D eigenvalue weighted by molar-refractivity contribution is 0.400. The lowest BCUT2D eigenvalue weighted by Crippen LogP contribution is -2.16. The fourth-order valence-electron chi connectivity index (χ4n) is 1.74. The number of nitrogens with zero attached hydrogens (tertiary/aromatic N) is 1. The third-order valence-corrected chi connectivity index (χ3v) is 3.37. The topological polar surface area (TPSA) is 41.8 Å². The molecule has 0 atom stereocenters. The summed E-state index contributed by atoms with van der Waals surface area (Å²) in [4.78, 5) is 4.19. The van der Waals surface area contributed by atoms with E-state index in [0.29, 0.717) is 17.9 Å². The molecule has 3 nitrogen and oxygen atoms in total. The Balaban J connectivity index is 3.38. The molecule has 1 aromatic rings. The van der Waals surface area contributed by atoms with Crippen molar-refractivity contribution >= 4 is 6.21 Å². The lowest BCUT2D eigenvalue weighted by atomic mass is 9.81. The van der Waals surface area contributed by atoms with Gasteiger partial charge in [0.25, 0.3) is 0 Å². The van der Waals surface area contributed by atoms with Crippen LogP contribution in [-0.4, -0.2) is 25.0 Å². The van der Waals surface area contributed by atoms with Gasteiger partial charge in [0.2, 0.25) is 0 Å². The highest BCUT2D eigenvalue weighted by atomic mass is 16.5. The van der Waals surface area contributed by atoms with E-state index >= 15 is 0 Å². The second-order valence-corrected chi connectivity index (χ2v) is 4.98. The first-order valence-corrected chi connectivity index (χ1v) is 6.37. The van der Waals surface area contributed by atoms with E-state index in [-0.39, 0.29) is 5.41 Å². The summed E-state index contributed by atoms with van der Waals surface area (Å²) in [6, 6.07) is 3.71. The number of aromatic hydroxyl groups is 1. The third-order valence-electron chi connectivity index (χ3n) is 3.37. The summed E-state index contributed by atoms with van der Waals surface area (Å²) in [5.74, 6) is 1.06. The highest BCUT2D eigenvalue weighted by molar-refractivity contribution is 5.85. The molecule has 1 N–H and O–H groups in total. The first kappa shape index (κ1) is 14.6. The summed E-state index contributed by atoms with van der Waals surface area (Å²) in [5, 5.41) is 10.4. The first-order valence-electron chi connectivity index (χ1n) is 6.37. The lowest BCUT2D eigenvalue weighted by Gasteiger charge is -2.25. The van der Waals surface area contributed by atoms with Crippen LogP contribution in [0.2, 0.25) is 0 Å². The van der Waals surface area contributed by atoms with Gasteiger partial charge in [-0.15, -0.1) is 0 Å². The van der Waals surface area contributed by atoms with Crippen LogP contribution in [0.5, 0.6) is 11.5 Å². The van der Waals surface area contributed by atoms with E-state index in [2.05, 4.69) is 25.8 Å². The van der Waals surface area contributed by atoms with E-state index in [4.69, 9.17) is 4.74 Å². The third kappa shape index (κ3) is 3.03. The Labute approximate surface area is 110 Å². The van der Waals surface area contributed by atoms with E-state index in [0.717, 1.165) is 17.7 Å². The fraction of sp³-hybridized carbons (Fsp3) is 0.533. The molecule has 0 aliphatic heterocycles. The predicted molar refractivity (Wildman–Crippen MR) is 76.1 cm³/mol. The number of phenols is 1. The molecule has 0 fully saturated rings. The minimum Gasteiger partial charge on any atom is -0.507 e. The largest absolute Gasteiger partial charge is 0.507 e. The maximum Gasteiger partial charge on any atom is 0.128 e. The van der Waals surface area contributed by atoms with Gasteiger partial charge in [-0.05, 0) is 30.9 Å². The number of hydrogen-bond acceptors (Lipinski definition) is 3. The van der Waals surface area contributed by atoms with Crippen LogP contribution in [0.15, 0.2) is 17.1 Å². The molecule has 0 heterocycles. The van der Waals surface area contributed by atoms with Crippen LogP contribution in [0.1, 0.15) is 45.2 Å². The summed E-state index contributed by atoms with van der Waals surface area (Å²) >= 11 is 0. The van der Waals surface area contributed by atoms with Gasteiger partial charge >= 0.3 is 0 Å². The van der Waals surface area contributed by atoms with Crippen molar-refractivity contribution in [3.05, 3.63) is 23.3 Å². The fourth-order valence-corrected chi connectivity index (χ4v) is 1.74. The average Bonchev–Trinajstić information content (AvgIpc) is 2.37. The minimum atomic E-state index is -0.0899. The van der Waals surface area contributed by atoms with E-state index in [1.54, 1.807) is 13.3 Å². The summed E-state index contributed by atoms with van der Waals surface area (Å²) < 4.78 is 5.30. The number of hydrogen-bond donors (Lipinski definition) is 1. The van der Waals surface area contributed by atoms with E-state index < -0.39 is 0 Å². The Morgan fingerprint density at radius 1 is 1.33 bits per heavy atom. The van der Waals surface area contributed by atoms with Crippen molar-refractivity contribution in [2.75, 3.05) is 13.7 Å². The van der Waals surface area contributed by atoms with Crippen molar-refractivity contribution in [1.82, 2.24) is 0 Å². The molecule has 0 saturated heterocycles. The number of phenolic OH excluding ortho intramolecular Hbond substituents is 1. The smallest absolute Gasteiger partial charge is 0.128 e. The molecule has 0 saturated carbocycles. The van der Waals surface area contributed by atoms with Crippen LogP contribution in [0.4, 0.5) is 0 Å². The Morgan fingerprint density at radius 3 is 2.50 bits per heavy atom. The van der Waals surface area contributed by atoms with Crippen molar-refractivity contribution in [2.45, 2.75) is 39.5 Å². The predicted octanol–water partition coefficient (Wildman–Crippen LogP) is 3.53. The van der Waals surface area contributed by atoms with Crippen LogP contribution in [0.25, 0.3) is 0 Å². The summed E-state index contributed by atoms with van der Waals surface area (Å²) in [6.45, 7) is 9.00. The van der Waals surface area contributed by atoms with Crippen molar-refractivity contribution in [1.29, 1.82) is 0 Å². The van der Waals surface area contributed by atoms with Gasteiger partial charge in [0, 0.05) is 23.9 Å². The molecule has 0 amide bonds. The highest BCUT2D eigenvalue weighted by Gasteiger charge is 2.24. The van der Waals surface area contributed by atoms with Gasteiger partial charge in [-0.25, -0.2) is 0 Å². The zero-order valence-electron chi connectivity index (χ0n) is 11.9. The Kier molecular flexibility index (Phi) is 4.76. The summed E-state index contributed by atoms with van der Waals surface area (Å²) in [5.41, 5.74) is 1.53. The van der Waals surface area contributed by atoms with E-state index in [1.807, 2.05) is 19.1 Å². The number of benzene rings is 1. The zero-order valence-corrected chi connectivity index (χ0v) is 11.9. The summed E-state index contributed by atoms with van der Waals surface area (Å²) in [7, 11) is 1.63. The molecule has 0 spiro atoms. The monoisotopic (exact) mass is 249 g/mol. The number of rotatable bonds is 5. The average molecular weight is 249 g/mol. The van der Waals surface area contributed by atoms with Crippen LogP contribution < -0.4 is 4.74 Å². The van der Waals surface area contributed by atoms with Gasteiger partial charge in [0.15, 0.2) is 0 Å². The Morgan fingerprint density at radius 2 is 2.00 bits per heavy atom. The highest BCUT2D eigenvalue weighted by Crippen LogP contribution is 2.38. The number of aliphatic imine (C=N–C) groups is 1. The minimum absolute atomic E-state index is 0.0899. The van der Waals surface area contributed by atoms with Crippen molar-refractivity contribution in [3.8, 4) is 11.5 Å². The van der Waals surface area contributed by atoms with Crippen LogP contribution in [0.3, 0.4) is 0 Å². The molecule has 0 aliphatic rings. The molecule has 1 rings (SSSR count). The number of methoxy groups -OCH3 is 1. The van der Waals surface area contributed by atoms with Gasteiger partial charge in [0.1, 0.15) is 11.5 Å². The maximum atomic E-state index is 10.4. The maximum absolute atomic E-state index is 10.4. The molecule has 1 aromatic carbocycles. The van der Waals surface area contributed by atoms with Gasteiger partial charge in [-0.1, -0.05) is 20.8 Å². The SMILES string of the molecule is CCN=Cc1cc(OC)cc(C(C)(C)CC)c1O. The second kappa shape index (κ2) is 5.89. The standard InChI is InChI=1S/C15H23NO2/c1-6-15(3,4)13-9-12(18-5)8-11(14(13)17)10-16-7-2/h8-10,17H,6-7H2,1-5H3. The molecule has 0 aromatic heterocycles. The van der Waals surface area contributed by atoms with Crippen molar-refractivity contribution < 1.29 is 9.84 Å². The van der Waals surface area contributed by atoms with Gasteiger partial charge in [-0.3, -0.25) is 4.99 Å². The molecule has 0 bridgehead atoms. The molecule has 0 aliphatic carbocycles. The quantitative estimate of drug-likeness (QED) is 0.811.